The second kappa shape index (κ2) is 4.87. The summed E-state index contributed by atoms with van der Waals surface area (Å²) in [6.45, 7) is 12.3. The van der Waals surface area contributed by atoms with E-state index < -0.39 is 5.41 Å². The molecule has 1 unspecified atom stereocenters. The topological polar surface area (TPSA) is 57.5 Å². The zero-order valence-corrected chi connectivity index (χ0v) is 15.6. The van der Waals surface area contributed by atoms with Gasteiger partial charge in [-0.05, 0) is 52.5 Å². The van der Waals surface area contributed by atoms with E-state index in [0.717, 1.165) is 36.0 Å². The van der Waals surface area contributed by atoms with E-state index in [1.165, 1.54) is 0 Å². The van der Waals surface area contributed by atoms with Crippen molar-refractivity contribution in [2.24, 2.45) is 5.41 Å². The molecule has 0 radical (unpaired) electrons. The predicted molar refractivity (Wildman–Crippen MR) is 95.8 cm³/mol. The van der Waals surface area contributed by atoms with Crippen LogP contribution in [0, 0.1) is 5.41 Å². The fraction of sp³-hybridized carbons (Fsp3) is 0.571. The molecule has 1 saturated carbocycles. The van der Waals surface area contributed by atoms with Crippen LogP contribution in [0.15, 0.2) is 23.5 Å². The Morgan fingerprint density at radius 3 is 2.25 bits per heavy atom. The summed E-state index contributed by atoms with van der Waals surface area (Å²) in [6.07, 6.45) is 2.87. The number of carbonyl (C=O) groups is 1. The molecule has 0 bridgehead atoms. The molecule has 1 aromatic carbocycles. The predicted octanol–water partition coefficient (Wildman–Crippen LogP) is 5.17. The summed E-state index contributed by atoms with van der Waals surface area (Å²) in [5.74, 6) is -0.155. The van der Waals surface area contributed by atoms with E-state index in [4.69, 9.17) is 0 Å². The van der Waals surface area contributed by atoms with Crippen LogP contribution in [0.4, 0.5) is 0 Å². The lowest BCUT2D eigenvalue weighted by atomic mass is 9.54. The molecule has 1 aromatic rings. The number of rotatable bonds is 0. The highest BCUT2D eigenvalue weighted by molar-refractivity contribution is 6.11. The molecule has 24 heavy (non-hydrogen) atoms. The van der Waals surface area contributed by atoms with E-state index in [0.29, 0.717) is 5.56 Å². The maximum atomic E-state index is 12.9. The number of aliphatic hydroxyl groups is 1. The van der Waals surface area contributed by atoms with Gasteiger partial charge in [0.1, 0.15) is 5.75 Å². The molecule has 0 saturated heterocycles. The van der Waals surface area contributed by atoms with Gasteiger partial charge < -0.3 is 10.2 Å². The van der Waals surface area contributed by atoms with Crippen LogP contribution in [-0.4, -0.2) is 16.0 Å². The number of phenols is 1. The summed E-state index contributed by atoms with van der Waals surface area (Å²) in [5, 5.41) is 21.4. The normalized spacial score (nSPS) is 26.2. The van der Waals surface area contributed by atoms with Crippen molar-refractivity contribution >= 4 is 5.78 Å². The van der Waals surface area contributed by atoms with Crippen LogP contribution in [0.25, 0.3) is 0 Å². The molecule has 1 atom stereocenters. The minimum atomic E-state index is -0.400. The van der Waals surface area contributed by atoms with Crippen molar-refractivity contribution in [1.29, 1.82) is 0 Å². The third kappa shape index (κ3) is 2.21. The summed E-state index contributed by atoms with van der Waals surface area (Å²) in [7, 11) is 0. The van der Waals surface area contributed by atoms with Crippen molar-refractivity contribution in [3.63, 3.8) is 0 Å². The number of hydrogen-bond donors (Lipinski definition) is 2. The van der Waals surface area contributed by atoms with E-state index in [9.17, 15) is 15.0 Å². The van der Waals surface area contributed by atoms with Gasteiger partial charge in [-0.1, -0.05) is 48.0 Å². The van der Waals surface area contributed by atoms with Crippen LogP contribution in [0.1, 0.15) is 82.3 Å². The van der Waals surface area contributed by atoms with E-state index in [1.807, 2.05) is 20.8 Å². The van der Waals surface area contributed by atoms with Gasteiger partial charge in [-0.2, -0.15) is 0 Å². The highest BCUT2D eigenvalue weighted by Gasteiger charge is 2.50. The van der Waals surface area contributed by atoms with E-state index in [-0.39, 0.29) is 28.1 Å². The van der Waals surface area contributed by atoms with Gasteiger partial charge >= 0.3 is 0 Å². The maximum Gasteiger partial charge on any atom is 0.227 e. The Morgan fingerprint density at radius 2 is 1.67 bits per heavy atom. The van der Waals surface area contributed by atoms with Crippen LogP contribution < -0.4 is 0 Å². The molecule has 2 N–H and O–H groups in total. The minimum absolute atomic E-state index is 0.0831. The van der Waals surface area contributed by atoms with Gasteiger partial charge in [0, 0.05) is 11.0 Å². The van der Waals surface area contributed by atoms with Crippen molar-refractivity contribution in [2.75, 3.05) is 0 Å². The number of allylic oxidation sites excluding steroid dienone is 2. The highest BCUT2D eigenvalue weighted by Crippen LogP contribution is 2.56. The Labute approximate surface area is 144 Å². The van der Waals surface area contributed by atoms with Crippen molar-refractivity contribution in [3.8, 4) is 5.75 Å². The monoisotopic (exact) mass is 328 g/mol. The number of phenolic OH excluding ortho intramolecular Hbond substituents is 1. The van der Waals surface area contributed by atoms with Crippen molar-refractivity contribution in [1.82, 2.24) is 0 Å². The van der Waals surface area contributed by atoms with Gasteiger partial charge in [0.2, 0.25) is 5.78 Å². The number of Topliss-reactive ketones (excluding diaryl/α,β-unsaturated/α-hetero) is 1. The molecule has 3 nitrogen and oxygen atoms in total. The van der Waals surface area contributed by atoms with Crippen LogP contribution in [0.5, 0.6) is 5.75 Å². The fourth-order valence-corrected chi connectivity index (χ4v) is 4.81. The van der Waals surface area contributed by atoms with Gasteiger partial charge in [0.25, 0.3) is 0 Å². The molecular formula is C21H28O3. The van der Waals surface area contributed by atoms with Gasteiger partial charge in [-0.25, -0.2) is 0 Å². The largest absolute Gasteiger partial charge is 0.508 e. The molecule has 0 heterocycles. The summed E-state index contributed by atoms with van der Waals surface area (Å²) in [6, 6.07) is 3.55. The lowest BCUT2D eigenvalue weighted by Crippen LogP contribution is -2.43. The summed E-state index contributed by atoms with van der Waals surface area (Å²) in [4.78, 5) is 12.9. The quantitative estimate of drug-likeness (QED) is 0.691. The summed E-state index contributed by atoms with van der Waals surface area (Å²) in [5.41, 5.74) is 2.08. The molecular weight excluding hydrogens is 300 g/mol. The zero-order chi connectivity index (χ0) is 18.1. The second-order valence-electron chi connectivity index (χ2n) is 9.29. The van der Waals surface area contributed by atoms with Gasteiger partial charge in [0.15, 0.2) is 5.76 Å². The van der Waals surface area contributed by atoms with Gasteiger partial charge in [-0.15, -0.1) is 0 Å². The average Bonchev–Trinajstić information content (AvgIpc) is 2.42. The molecule has 3 rings (SSSR count). The number of benzene rings is 1. The van der Waals surface area contributed by atoms with E-state index in [2.05, 4.69) is 20.8 Å². The molecule has 0 aromatic heterocycles. The van der Waals surface area contributed by atoms with E-state index in [1.54, 1.807) is 12.1 Å². The van der Waals surface area contributed by atoms with Crippen LogP contribution >= 0.6 is 0 Å². The first-order chi connectivity index (χ1) is 10.9. The maximum absolute atomic E-state index is 12.9. The summed E-state index contributed by atoms with van der Waals surface area (Å²) >= 11 is 0. The van der Waals surface area contributed by atoms with Crippen molar-refractivity contribution in [2.45, 2.75) is 71.6 Å². The van der Waals surface area contributed by atoms with Crippen LogP contribution in [-0.2, 0) is 10.8 Å². The fourth-order valence-electron chi connectivity index (χ4n) is 4.81. The second-order valence-corrected chi connectivity index (χ2v) is 9.29. The van der Waals surface area contributed by atoms with Crippen molar-refractivity contribution < 1.29 is 15.0 Å². The van der Waals surface area contributed by atoms with Crippen LogP contribution in [0.2, 0.25) is 0 Å². The molecule has 0 amide bonds. The number of carbonyl (C=O) groups excluding carboxylic acids is 1. The molecule has 2 aliphatic rings. The Balaban J connectivity index is 2.33. The molecule has 1 fully saturated rings. The van der Waals surface area contributed by atoms with Gasteiger partial charge in [0.05, 0.1) is 0 Å². The Hall–Kier alpha value is -1.77. The Kier molecular flexibility index (Phi) is 3.46. The third-order valence-electron chi connectivity index (χ3n) is 5.94. The first-order valence-electron chi connectivity index (χ1n) is 8.76. The molecule has 2 aliphatic carbocycles. The Bertz CT molecular complexity index is 762. The van der Waals surface area contributed by atoms with E-state index >= 15 is 0 Å². The molecule has 0 aliphatic heterocycles. The van der Waals surface area contributed by atoms with Gasteiger partial charge in [-0.3, -0.25) is 4.79 Å². The smallest absolute Gasteiger partial charge is 0.227 e. The highest BCUT2D eigenvalue weighted by atomic mass is 16.3. The number of hydrogen-bond acceptors (Lipinski definition) is 3. The van der Waals surface area contributed by atoms with Crippen LogP contribution in [0.3, 0.4) is 0 Å². The molecule has 0 spiro atoms. The zero-order valence-electron chi connectivity index (χ0n) is 15.6. The Morgan fingerprint density at radius 1 is 1.04 bits per heavy atom. The number of ketones is 1. The lowest BCUT2D eigenvalue weighted by molar-refractivity contribution is 0.0940. The third-order valence-corrected chi connectivity index (χ3v) is 5.94. The number of aromatic hydroxyl groups is 1. The number of aliphatic hydroxyl groups excluding tert-OH is 1. The number of fused-ring (bicyclic) bond motifs is 3. The van der Waals surface area contributed by atoms with Crippen molar-refractivity contribution in [3.05, 3.63) is 40.2 Å². The molecule has 3 heteroatoms. The lowest BCUT2D eigenvalue weighted by Gasteiger charge is -2.49. The standard InChI is InChI=1S/C21H28O3/c1-19(2,3)14-10-12-13(11-15(14)22)21(6)9-7-8-20(4,5)18(21)17(24)16(12)23/h10-11,22,24H,7-9H2,1-6H3. The average molecular weight is 328 g/mol. The first kappa shape index (κ1) is 17.1. The SMILES string of the molecule is CC1(C)CCCC2(C)C1=C(O)C(=O)c1cc(C(C)(C)C)c(O)cc12. The molecule has 130 valence electrons. The first-order valence-corrected chi connectivity index (χ1v) is 8.76. The summed E-state index contributed by atoms with van der Waals surface area (Å²) < 4.78 is 0. The minimum Gasteiger partial charge on any atom is -0.508 e.